The summed E-state index contributed by atoms with van der Waals surface area (Å²) in [6, 6.07) is 47.9. The van der Waals surface area contributed by atoms with Gasteiger partial charge in [-0.1, -0.05) is 102 Å². The zero-order valence-electron chi connectivity index (χ0n) is 59.1. The Balaban J connectivity index is 0.000000159. The van der Waals surface area contributed by atoms with Crippen LogP contribution in [0.3, 0.4) is 0 Å². The second-order valence-corrected chi connectivity index (χ2v) is 31.0. The molecular formula is C78H74B2Br2IN7O13S2. The van der Waals surface area contributed by atoms with Crippen molar-refractivity contribution in [1.82, 2.24) is 33.5 Å². The Morgan fingerprint density at radius 2 is 0.962 bits per heavy atom. The highest BCUT2D eigenvalue weighted by molar-refractivity contribution is 14.1. The molecule has 5 heterocycles. The highest BCUT2D eigenvalue weighted by Crippen LogP contribution is 2.38. The van der Waals surface area contributed by atoms with E-state index in [0.717, 1.165) is 97.0 Å². The summed E-state index contributed by atoms with van der Waals surface area (Å²) in [4.78, 5) is 48.2. The summed E-state index contributed by atoms with van der Waals surface area (Å²) in [5.74, 6) is 1.28. The predicted octanol–water partition coefficient (Wildman–Crippen LogP) is 12.6. The Kier molecular flexibility index (Phi) is 26.3. The monoisotopic (exact) mass is 1690 g/mol. The van der Waals surface area contributed by atoms with Crippen LogP contribution in [0.1, 0.15) is 88.2 Å². The van der Waals surface area contributed by atoms with E-state index in [4.69, 9.17) is 34.6 Å². The number of ether oxygens (including phenoxy) is 2. The Labute approximate surface area is 641 Å². The van der Waals surface area contributed by atoms with Crippen LogP contribution in [0.5, 0.6) is 11.5 Å². The van der Waals surface area contributed by atoms with Crippen LogP contribution in [-0.2, 0) is 26.5 Å². The molecule has 0 saturated heterocycles. The number of allylic oxidation sites excluding steroid dienone is 1. The smallest absolute Gasteiger partial charge is 0.488 e. The summed E-state index contributed by atoms with van der Waals surface area (Å²) >= 11 is 8.89. The standard InChI is InChI=1S/C25H24N2O2.C22H18BrN3O3S.C14H10BrIN2O2S.C9H13BO3.C8H9BO3/c1-15-11-19(13-24(29-4)16(15)2)20-12-22-21(9-10-23(22)27-14-20)17-5-7-18(8-6-17)25(28)26-3;1-14-3-9-18(10-4-14)30(28,29)26-13-20(19-11-17(23)12-25-21(19)26)15-5-7-16(8-6-15)22(27)24-2;1-9-2-4-11(5-3-9)21(19,20)18-8-13(16)12-6-10(15)7-17-14(12)18;1-6-4-8(10(11)12)5-9(13-3)7(6)2;1-6(10)7-2-4-8(5-3-7)9(11)12/h5-9,11-14H,10H2,1-4H3,(H,26,28);3-13H,1-2H3,(H,24,27);2-8H,1H3;4-5,11-12H,1-3H3;2-5,11-12H,1H3. The average Bonchev–Trinajstić information content (AvgIpc) is 1.64. The molecule has 20 nitrogen and oxygen atoms in total. The van der Waals surface area contributed by atoms with Crippen molar-refractivity contribution in [2.75, 3.05) is 28.3 Å². The van der Waals surface area contributed by atoms with Crippen molar-refractivity contribution in [1.29, 1.82) is 0 Å². The second kappa shape index (κ2) is 34.7. The first kappa shape index (κ1) is 79.7. The third-order valence-corrected chi connectivity index (χ3v) is 22.4. The topological polar surface area (TPSA) is 291 Å². The molecule has 538 valence electrons. The SMILES string of the molecule is CC(=O)c1ccc(B(O)O)cc1.CNC(=O)c1ccc(-c2cn(S(=O)(=O)c3ccc(C)cc3)c3ncc(Br)cc23)cc1.CNC(=O)c1ccc(C2=CCc3ncc(-c4cc(C)c(C)c(OC)c4)cc32)cc1.COc1cc(B(O)O)cc(C)c1C.Cc1ccc(S(=O)(=O)n2cc(I)c3cc(Br)cnc32)cc1. The molecule has 0 bridgehead atoms. The predicted molar refractivity (Wildman–Crippen MR) is 429 cm³/mol. The molecule has 0 spiro atoms. The quantitative estimate of drug-likeness (QED) is 0.0335. The maximum Gasteiger partial charge on any atom is 0.488 e. The number of carbonyl (C=O) groups is 3. The van der Waals surface area contributed by atoms with Crippen LogP contribution >= 0.6 is 54.5 Å². The van der Waals surface area contributed by atoms with Gasteiger partial charge >= 0.3 is 14.2 Å². The van der Waals surface area contributed by atoms with Gasteiger partial charge in [0, 0.05) is 108 Å². The van der Waals surface area contributed by atoms with Crippen molar-refractivity contribution in [3.8, 4) is 33.8 Å². The summed E-state index contributed by atoms with van der Waals surface area (Å²) < 4.78 is 67.7. The molecule has 2 amide bonds. The summed E-state index contributed by atoms with van der Waals surface area (Å²) in [6.07, 6.45) is 11.3. The van der Waals surface area contributed by atoms with E-state index in [-0.39, 0.29) is 27.4 Å². The first-order valence-corrected chi connectivity index (χ1v) is 38.1. The minimum absolute atomic E-state index is 0.0334. The molecule has 0 unspecified atom stereocenters. The lowest BCUT2D eigenvalue weighted by atomic mass is 9.79. The van der Waals surface area contributed by atoms with E-state index >= 15 is 0 Å². The number of rotatable bonds is 14. The van der Waals surface area contributed by atoms with Crippen LogP contribution in [0.25, 0.3) is 49.9 Å². The lowest BCUT2D eigenvalue weighted by Crippen LogP contribution is -2.30. The van der Waals surface area contributed by atoms with Gasteiger partial charge in [0.1, 0.15) is 11.5 Å². The third kappa shape index (κ3) is 18.6. The number of aromatic nitrogens is 5. The van der Waals surface area contributed by atoms with Crippen molar-refractivity contribution >= 4 is 145 Å². The lowest BCUT2D eigenvalue weighted by Gasteiger charge is -2.13. The minimum atomic E-state index is -3.83. The van der Waals surface area contributed by atoms with Gasteiger partial charge < -0.3 is 40.2 Å². The number of hydrogen-bond donors (Lipinski definition) is 6. The molecule has 12 aromatic rings. The number of Topliss-reactive ketones (excluding diaryl/α,β-unsaturated/α-hetero) is 1. The van der Waals surface area contributed by atoms with Crippen molar-refractivity contribution in [3.63, 3.8) is 0 Å². The fraction of sp³-hybridized carbons (Fsp3) is 0.154. The van der Waals surface area contributed by atoms with Gasteiger partial charge in [-0.3, -0.25) is 19.4 Å². The van der Waals surface area contributed by atoms with Gasteiger partial charge in [-0.2, -0.15) is 0 Å². The molecule has 27 heteroatoms. The molecule has 5 aromatic heterocycles. The average molecular weight is 1690 g/mol. The molecule has 105 heavy (non-hydrogen) atoms. The van der Waals surface area contributed by atoms with Gasteiger partial charge in [0.05, 0.1) is 29.7 Å². The maximum atomic E-state index is 13.3. The van der Waals surface area contributed by atoms with E-state index in [1.54, 1.807) is 150 Å². The number of pyridine rings is 3. The molecule has 7 aromatic carbocycles. The Morgan fingerprint density at radius 3 is 1.45 bits per heavy atom. The summed E-state index contributed by atoms with van der Waals surface area (Å²) in [6.45, 7) is 13.3. The van der Waals surface area contributed by atoms with Crippen LogP contribution in [-0.4, -0.2) is 120 Å². The number of fused-ring (bicyclic) bond motifs is 3. The molecule has 0 fully saturated rings. The van der Waals surface area contributed by atoms with Gasteiger partial charge in [0.15, 0.2) is 17.1 Å². The van der Waals surface area contributed by atoms with Crippen molar-refractivity contribution in [2.24, 2.45) is 0 Å². The first-order chi connectivity index (χ1) is 49.9. The number of benzene rings is 7. The van der Waals surface area contributed by atoms with Gasteiger partial charge in [-0.15, -0.1) is 0 Å². The number of methoxy groups -OCH3 is 2. The van der Waals surface area contributed by atoms with Gasteiger partial charge in [0.2, 0.25) is 0 Å². The number of hydrogen-bond acceptors (Lipinski definition) is 16. The van der Waals surface area contributed by atoms with Crippen LogP contribution in [0.2, 0.25) is 0 Å². The number of amides is 2. The molecule has 0 aliphatic heterocycles. The van der Waals surface area contributed by atoms with Crippen molar-refractivity contribution in [2.45, 2.75) is 64.7 Å². The van der Waals surface area contributed by atoms with E-state index < -0.39 is 34.3 Å². The van der Waals surface area contributed by atoms with Crippen LogP contribution in [0, 0.1) is 45.1 Å². The van der Waals surface area contributed by atoms with Gasteiger partial charge in [-0.05, 0) is 237 Å². The fourth-order valence-electron chi connectivity index (χ4n) is 11.1. The van der Waals surface area contributed by atoms with E-state index in [2.05, 4.69) is 113 Å². The van der Waals surface area contributed by atoms with Gasteiger partial charge in [-0.25, -0.2) is 34.7 Å². The van der Waals surface area contributed by atoms with E-state index in [1.165, 1.54) is 32.6 Å². The Morgan fingerprint density at radius 1 is 0.505 bits per heavy atom. The zero-order chi connectivity index (χ0) is 76.4. The summed E-state index contributed by atoms with van der Waals surface area (Å²) in [5.41, 5.74) is 17.9. The molecular weight excluding hydrogens is 1620 g/mol. The lowest BCUT2D eigenvalue weighted by molar-refractivity contribution is 0.0955. The minimum Gasteiger partial charge on any atom is -0.496 e. The number of nitrogens with one attached hydrogen (secondary N) is 2. The third-order valence-electron chi connectivity index (χ3n) is 17.3. The molecule has 0 radical (unpaired) electrons. The number of carbonyl (C=O) groups excluding carboxylic acids is 3. The molecule has 1 aliphatic carbocycles. The maximum absolute atomic E-state index is 13.3. The van der Waals surface area contributed by atoms with Crippen molar-refractivity contribution in [3.05, 3.63) is 280 Å². The summed E-state index contributed by atoms with van der Waals surface area (Å²) in [7, 11) is -3.90. The van der Waals surface area contributed by atoms with E-state index in [9.17, 15) is 31.2 Å². The highest BCUT2D eigenvalue weighted by Gasteiger charge is 2.26. The number of ketones is 1. The second-order valence-electron chi connectivity index (χ2n) is 24.4. The van der Waals surface area contributed by atoms with E-state index in [0.29, 0.717) is 55.6 Å². The summed E-state index contributed by atoms with van der Waals surface area (Å²) in [5, 5.41) is 42.1. The van der Waals surface area contributed by atoms with E-state index in [1.807, 2.05) is 70.3 Å². The normalized spacial score (nSPS) is 11.4. The molecule has 1 aliphatic rings. The zero-order valence-corrected chi connectivity index (χ0v) is 66.0. The highest BCUT2D eigenvalue weighted by atomic mass is 127. The fourth-order valence-corrected chi connectivity index (χ4v) is 15.3. The molecule has 0 saturated carbocycles. The van der Waals surface area contributed by atoms with Crippen LogP contribution in [0.15, 0.2) is 220 Å². The number of aryl methyl sites for hydroxylation is 4. The van der Waals surface area contributed by atoms with Gasteiger partial charge in [0.25, 0.3) is 31.9 Å². The Hall–Kier alpha value is -9.42. The number of halogens is 3. The Bertz CT molecular complexity index is 5490. The first-order valence-electron chi connectivity index (χ1n) is 32.5. The van der Waals surface area contributed by atoms with Crippen LogP contribution in [0.4, 0.5) is 0 Å². The largest absolute Gasteiger partial charge is 0.496 e. The van der Waals surface area contributed by atoms with Crippen molar-refractivity contribution < 1.29 is 60.8 Å². The number of nitrogens with zero attached hydrogens (tertiary/aromatic N) is 5. The molecule has 13 rings (SSSR count). The molecule has 0 atom stereocenters. The molecule has 6 N–H and O–H groups in total. The van der Waals surface area contributed by atoms with Crippen LogP contribution < -0.4 is 31.0 Å².